The molecule has 0 amide bonds. The van der Waals surface area contributed by atoms with Crippen LogP contribution in [-0.2, 0) is 17.6 Å². The van der Waals surface area contributed by atoms with Crippen molar-refractivity contribution in [1.82, 2.24) is 0 Å². The summed E-state index contributed by atoms with van der Waals surface area (Å²) in [6.45, 7) is 0. The van der Waals surface area contributed by atoms with Gasteiger partial charge in [-0.1, -0.05) is 47.5 Å². The zero-order valence-electron chi connectivity index (χ0n) is 11.1. The Morgan fingerprint density at radius 2 is 1.76 bits per heavy atom. The maximum atomic E-state index is 12.3. The second-order valence-corrected chi connectivity index (χ2v) is 6.64. The van der Waals surface area contributed by atoms with E-state index in [4.69, 9.17) is 23.2 Å². The standard InChI is InChI=1S/C17H12Cl2OS/c18-13-6-5-11(16(19)9-13)7-14(20)8-12-10-21-17-4-2-1-3-15(12)17/h1-6,9-10H,7-8H2. The van der Waals surface area contributed by atoms with Gasteiger partial charge in [-0.05, 0) is 40.1 Å². The van der Waals surface area contributed by atoms with Gasteiger partial charge in [-0.3, -0.25) is 4.79 Å². The molecule has 0 unspecified atom stereocenters. The van der Waals surface area contributed by atoms with E-state index in [9.17, 15) is 4.79 Å². The number of rotatable bonds is 4. The smallest absolute Gasteiger partial charge is 0.141 e. The molecule has 0 saturated carbocycles. The molecule has 0 N–H and O–H groups in total. The van der Waals surface area contributed by atoms with Gasteiger partial charge in [0.15, 0.2) is 0 Å². The maximum Gasteiger partial charge on any atom is 0.141 e. The third-order valence-corrected chi connectivity index (χ3v) is 4.95. The third kappa shape index (κ3) is 3.29. The van der Waals surface area contributed by atoms with Crippen LogP contribution in [0.4, 0.5) is 0 Å². The minimum Gasteiger partial charge on any atom is -0.299 e. The number of benzene rings is 2. The SMILES string of the molecule is O=C(Cc1ccc(Cl)cc1Cl)Cc1csc2ccccc12. The topological polar surface area (TPSA) is 17.1 Å². The molecule has 0 saturated heterocycles. The molecule has 3 rings (SSSR count). The molecule has 4 heteroatoms. The number of hydrogen-bond donors (Lipinski definition) is 0. The Bertz CT molecular complexity index is 807. The molecule has 106 valence electrons. The van der Waals surface area contributed by atoms with Crippen LogP contribution in [-0.4, -0.2) is 5.78 Å². The number of hydrogen-bond acceptors (Lipinski definition) is 2. The summed E-state index contributed by atoms with van der Waals surface area (Å²) < 4.78 is 1.21. The Balaban J connectivity index is 1.77. The first kappa shape index (κ1) is 14.6. The highest BCUT2D eigenvalue weighted by Gasteiger charge is 2.11. The monoisotopic (exact) mass is 334 g/mol. The van der Waals surface area contributed by atoms with Crippen LogP contribution in [0.5, 0.6) is 0 Å². The van der Waals surface area contributed by atoms with Crippen molar-refractivity contribution in [3.63, 3.8) is 0 Å². The van der Waals surface area contributed by atoms with Gasteiger partial charge in [0, 0.05) is 27.6 Å². The Kier molecular flexibility index (Phi) is 4.29. The van der Waals surface area contributed by atoms with Crippen LogP contribution in [0.25, 0.3) is 10.1 Å². The second-order valence-electron chi connectivity index (χ2n) is 4.89. The van der Waals surface area contributed by atoms with Gasteiger partial charge in [0.2, 0.25) is 0 Å². The van der Waals surface area contributed by atoms with Crippen LogP contribution in [0.1, 0.15) is 11.1 Å². The zero-order valence-corrected chi connectivity index (χ0v) is 13.4. The van der Waals surface area contributed by atoms with Crippen LogP contribution in [0.3, 0.4) is 0 Å². The zero-order chi connectivity index (χ0) is 14.8. The van der Waals surface area contributed by atoms with E-state index < -0.39 is 0 Å². The number of Topliss-reactive ketones (excluding diaryl/α,β-unsaturated/α-hetero) is 1. The highest BCUT2D eigenvalue weighted by Crippen LogP contribution is 2.27. The molecule has 1 heterocycles. The second kappa shape index (κ2) is 6.18. The van der Waals surface area contributed by atoms with Crippen LogP contribution >= 0.6 is 34.5 Å². The van der Waals surface area contributed by atoms with Crippen molar-refractivity contribution >= 4 is 50.4 Å². The Hall–Kier alpha value is -1.35. The quantitative estimate of drug-likeness (QED) is 0.610. The molecule has 0 aliphatic heterocycles. The number of fused-ring (bicyclic) bond motifs is 1. The fourth-order valence-electron chi connectivity index (χ4n) is 2.32. The molecule has 1 nitrogen and oxygen atoms in total. The molecule has 0 spiro atoms. The van der Waals surface area contributed by atoms with Crippen molar-refractivity contribution in [3.05, 3.63) is 69.0 Å². The highest BCUT2D eigenvalue weighted by atomic mass is 35.5. The summed E-state index contributed by atoms with van der Waals surface area (Å²) in [5, 5.41) is 4.36. The fraction of sp³-hybridized carbons (Fsp3) is 0.118. The average Bonchev–Trinajstić information content (AvgIpc) is 2.85. The normalized spacial score (nSPS) is 11.0. The first-order valence-electron chi connectivity index (χ1n) is 6.54. The van der Waals surface area contributed by atoms with Gasteiger partial charge in [0.05, 0.1) is 0 Å². The van der Waals surface area contributed by atoms with Crippen molar-refractivity contribution in [3.8, 4) is 0 Å². The van der Waals surface area contributed by atoms with Crippen molar-refractivity contribution in [2.45, 2.75) is 12.8 Å². The van der Waals surface area contributed by atoms with E-state index in [0.717, 1.165) is 16.5 Å². The van der Waals surface area contributed by atoms with Crippen molar-refractivity contribution < 1.29 is 4.79 Å². The number of carbonyl (C=O) groups is 1. The lowest BCUT2D eigenvalue weighted by Crippen LogP contribution is -2.06. The average molecular weight is 335 g/mol. The molecule has 2 aromatic carbocycles. The Labute approximate surface area is 137 Å². The lowest BCUT2D eigenvalue weighted by Gasteiger charge is -2.04. The first-order valence-corrected chi connectivity index (χ1v) is 8.18. The molecule has 1 aromatic heterocycles. The molecule has 21 heavy (non-hydrogen) atoms. The van der Waals surface area contributed by atoms with E-state index in [2.05, 4.69) is 17.5 Å². The van der Waals surface area contributed by atoms with E-state index in [1.165, 1.54) is 4.70 Å². The lowest BCUT2D eigenvalue weighted by molar-refractivity contribution is -0.117. The van der Waals surface area contributed by atoms with Gasteiger partial charge in [0.1, 0.15) is 5.78 Å². The van der Waals surface area contributed by atoms with Crippen LogP contribution in [0, 0.1) is 0 Å². The number of ketones is 1. The van der Waals surface area contributed by atoms with Crippen LogP contribution < -0.4 is 0 Å². The van der Waals surface area contributed by atoms with Crippen molar-refractivity contribution in [2.75, 3.05) is 0 Å². The molecular formula is C17H12Cl2OS. The predicted molar refractivity (Wildman–Crippen MR) is 90.7 cm³/mol. The van der Waals surface area contributed by atoms with E-state index in [1.54, 1.807) is 23.5 Å². The molecular weight excluding hydrogens is 323 g/mol. The molecule has 0 atom stereocenters. The van der Waals surface area contributed by atoms with E-state index >= 15 is 0 Å². The molecule has 0 aliphatic rings. The van der Waals surface area contributed by atoms with Crippen LogP contribution in [0.2, 0.25) is 10.0 Å². The van der Waals surface area contributed by atoms with E-state index in [1.807, 2.05) is 18.2 Å². The van der Waals surface area contributed by atoms with Gasteiger partial charge in [0.25, 0.3) is 0 Å². The summed E-state index contributed by atoms with van der Waals surface area (Å²) in [5.74, 6) is 0.155. The van der Waals surface area contributed by atoms with E-state index in [0.29, 0.717) is 22.9 Å². The summed E-state index contributed by atoms with van der Waals surface area (Å²) >= 11 is 13.7. The van der Waals surface area contributed by atoms with Gasteiger partial charge in [-0.2, -0.15) is 0 Å². The Morgan fingerprint density at radius 3 is 2.57 bits per heavy atom. The number of carbonyl (C=O) groups excluding carboxylic acids is 1. The lowest BCUT2D eigenvalue weighted by atomic mass is 10.0. The molecule has 0 fully saturated rings. The number of halogens is 2. The van der Waals surface area contributed by atoms with Crippen LogP contribution in [0.15, 0.2) is 47.8 Å². The molecule has 0 aliphatic carbocycles. The third-order valence-electron chi connectivity index (χ3n) is 3.35. The fourth-order valence-corrected chi connectivity index (χ4v) is 3.76. The van der Waals surface area contributed by atoms with Gasteiger partial charge < -0.3 is 0 Å². The predicted octanol–water partition coefficient (Wildman–Crippen LogP) is 5.56. The van der Waals surface area contributed by atoms with Crippen molar-refractivity contribution in [1.29, 1.82) is 0 Å². The van der Waals surface area contributed by atoms with Gasteiger partial charge >= 0.3 is 0 Å². The van der Waals surface area contributed by atoms with E-state index in [-0.39, 0.29) is 5.78 Å². The van der Waals surface area contributed by atoms with Crippen molar-refractivity contribution in [2.24, 2.45) is 0 Å². The minimum atomic E-state index is 0.155. The summed E-state index contributed by atoms with van der Waals surface area (Å²) in [7, 11) is 0. The summed E-state index contributed by atoms with van der Waals surface area (Å²) in [4.78, 5) is 12.3. The Morgan fingerprint density at radius 1 is 1.00 bits per heavy atom. The summed E-state index contributed by atoms with van der Waals surface area (Å²) in [6, 6.07) is 13.4. The molecule has 3 aromatic rings. The van der Waals surface area contributed by atoms with Gasteiger partial charge in [-0.25, -0.2) is 0 Å². The minimum absolute atomic E-state index is 0.155. The molecule has 0 radical (unpaired) electrons. The highest BCUT2D eigenvalue weighted by molar-refractivity contribution is 7.17. The molecule has 0 bridgehead atoms. The first-order chi connectivity index (χ1) is 10.1. The summed E-state index contributed by atoms with van der Waals surface area (Å²) in [5.41, 5.74) is 1.91. The van der Waals surface area contributed by atoms with Gasteiger partial charge in [-0.15, -0.1) is 11.3 Å². The maximum absolute atomic E-state index is 12.3. The summed E-state index contributed by atoms with van der Waals surface area (Å²) in [6.07, 6.45) is 0.767. The number of thiophene rings is 1. The largest absolute Gasteiger partial charge is 0.299 e.